The van der Waals surface area contributed by atoms with Gasteiger partial charge in [-0.05, 0) is 12.1 Å². The van der Waals surface area contributed by atoms with Crippen molar-refractivity contribution in [2.24, 2.45) is 0 Å². The highest BCUT2D eigenvalue weighted by atomic mass is 79.9. The number of carbonyl (C=O) groups excluding carboxylic acids is 1. The molecule has 0 aliphatic heterocycles. The highest BCUT2D eigenvalue weighted by Crippen LogP contribution is 2.25. The molecule has 0 N–H and O–H groups in total. The standard InChI is InChI=1S/C10H10BrCl2NO/c1-14(6-5-11)10(15)9-7(12)3-2-4-8(9)13/h2-4H,5-6H2,1H3. The van der Waals surface area contributed by atoms with Gasteiger partial charge in [-0.25, -0.2) is 0 Å². The average Bonchev–Trinajstić information content (AvgIpc) is 2.17. The van der Waals surface area contributed by atoms with Crippen LogP contribution in [-0.2, 0) is 0 Å². The van der Waals surface area contributed by atoms with Gasteiger partial charge in [-0.3, -0.25) is 4.79 Å². The SMILES string of the molecule is CN(CCBr)C(=O)c1c(Cl)cccc1Cl. The van der Waals surface area contributed by atoms with Crippen LogP contribution in [0.25, 0.3) is 0 Å². The molecule has 0 heterocycles. The van der Waals surface area contributed by atoms with Gasteiger partial charge in [0.1, 0.15) is 0 Å². The smallest absolute Gasteiger partial charge is 0.256 e. The minimum Gasteiger partial charge on any atom is -0.341 e. The molecule has 5 heteroatoms. The van der Waals surface area contributed by atoms with Gasteiger partial charge in [-0.2, -0.15) is 0 Å². The summed E-state index contributed by atoms with van der Waals surface area (Å²) in [5, 5.41) is 1.49. The van der Waals surface area contributed by atoms with Crippen molar-refractivity contribution in [1.82, 2.24) is 4.90 Å². The van der Waals surface area contributed by atoms with Crippen molar-refractivity contribution in [3.8, 4) is 0 Å². The fourth-order valence-electron chi connectivity index (χ4n) is 1.12. The Kier molecular flexibility index (Phi) is 4.90. The van der Waals surface area contributed by atoms with Crippen molar-refractivity contribution < 1.29 is 4.79 Å². The van der Waals surface area contributed by atoms with Crippen LogP contribution in [0.1, 0.15) is 10.4 Å². The lowest BCUT2D eigenvalue weighted by Gasteiger charge is -2.17. The monoisotopic (exact) mass is 309 g/mol. The Morgan fingerprint density at radius 1 is 1.40 bits per heavy atom. The molecule has 0 fully saturated rings. The van der Waals surface area contributed by atoms with E-state index in [-0.39, 0.29) is 5.91 Å². The Balaban J connectivity index is 3.00. The molecule has 0 atom stereocenters. The van der Waals surface area contributed by atoms with Gasteiger partial charge in [0.15, 0.2) is 0 Å². The van der Waals surface area contributed by atoms with E-state index in [9.17, 15) is 4.79 Å². The van der Waals surface area contributed by atoms with E-state index < -0.39 is 0 Å². The van der Waals surface area contributed by atoms with Crippen molar-refractivity contribution in [2.45, 2.75) is 0 Å². The van der Waals surface area contributed by atoms with Crippen LogP contribution >= 0.6 is 39.1 Å². The second-order valence-electron chi connectivity index (χ2n) is 3.01. The fourth-order valence-corrected chi connectivity index (χ4v) is 2.21. The van der Waals surface area contributed by atoms with Gasteiger partial charge in [0.2, 0.25) is 0 Å². The number of hydrogen-bond acceptors (Lipinski definition) is 1. The van der Waals surface area contributed by atoms with E-state index >= 15 is 0 Å². The summed E-state index contributed by atoms with van der Waals surface area (Å²) in [5.74, 6) is -0.162. The molecule has 0 aromatic heterocycles. The number of carbonyl (C=O) groups is 1. The second kappa shape index (κ2) is 5.73. The Bertz CT molecular complexity index is 350. The molecule has 0 aliphatic carbocycles. The summed E-state index contributed by atoms with van der Waals surface area (Å²) in [5.41, 5.74) is 0.365. The molecule has 82 valence electrons. The number of halogens is 3. The lowest BCUT2D eigenvalue weighted by Crippen LogP contribution is -2.28. The number of nitrogens with zero attached hydrogens (tertiary/aromatic N) is 1. The van der Waals surface area contributed by atoms with Crippen LogP contribution in [0.5, 0.6) is 0 Å². The van der Waals surface area contributed by atoms with E-state index in [4.69, 9.17) is 23.2 Å². The first-order valence-electron chi connectivity index (χ1n) is 4.33. The molecule has 0 radical (unpaired) electrons. The first-order chi connectivity index (χ1) is 7.07. The molecule has 0 spiro atoms. The maximum Gasteiger partial charge on any atom is 0.256 e. The fraction of sp³-hybridized carbons (Fsp3) is 0.300. The zero-order valence-electron chi connectivity index (χ0n) is 8.14. The van der Waals surface area contributed by atoms with E-state index in [1.807, 2.05) is 0 Å². The van der Waals surface area contributed by atoms with Crippen LogP contribution in [0.4, 0.5) is 0 Å². The summed E-state index contributed by atoms with van der Waals surface area (Å²) in [4.78, 5) is 13.5. The Morgan fingerprint density at radius 2 is 1.93 bits per heavy atom. The van der Waals surface area contributed by atoms with E-state index in [1.54, 1.807) is 30.1 Å². The van der Waals surface area contributed by atoms with Crippen molar-refractivity contribution in [3.05, 3.63) is 33.8 Å². The topological polar surface area (TPSA) is 20.3 Å². The van der Waals surface area contributed by atoms with Crippen LogP contribution in [0.15, 0.2) is 18.2 Å². The third-order valence-corrected chi connectivity index (χ3v) is 2.93. The van der Waals surface area contributed by atoms with E-state index in [0.717, 1.165) is 5.33 Å². The van der Waals surface area contributed by atoms with Gasteiger partial charge in [0, 0.05) is 18.9 Å². The molecule has 0 unspecified atom stereocenters. The van der Waals surface area contributed by atoms with Crippen LogP contribution in [-0.4, -0.2) is 29.7 Å². The molecular formula is C10H10BrCl2NO. The molecule has 0 saturated carbocycles. The molecule has 0 saturated heterocycles. The third kappa shape index (κ3) is 3.10. The maximum absolute atomic E-state index is 11.9. The molecule has 1 amide bonds. The number of hydrogen-bond donors (Lipinski definition) is 0. The van der Waals surface area contributed by atoms with Gasteiger partial charge in [0.25, 0.3) is 5.91 Å². The van der Waals surface area contributed by atoms with Gasteiger partial charge in [0.05, 0.1) is 15.6 Å². The van der Waals surface area contributed by atoms with Crippen molar-refractivity contribution >= 4 is 45.0 Å². The number of alkyl halides is 1. The lowest BCUT2D eigenvalue weighted by atomic mass is 10.2. The Labute approximate surface area is 107 Å². The highest BCUT2D eigenvalue weighted by molar-refractivity contribution is 9.09. The molecule has 15 heavy (non-hydrogen) atoms. The summed E-state index contributed by atoms with van der Waals surface area (Å²) in [6, 6.07) is 5.03. The highest BCUT2D eigenvalue weighted by Gasteiger charge is 2.17. The van der Waals surface area contributed by atoms with Crippen LogP contribution in [0.3, 0.4) is 0 Å². The normalized spacial score (nSPS) is 10.1. The van der Waals surface area contributed by atoms with Gasteiger partial charge < -0.3 is 4.90 Å². The first kappa shape index (κ1) is 12.8. The van der Waals surface area contributed by atoms with Crippen LogP contribution in [0.2, 0.25) is 10.0 Å². The van der Waals surface area contributed by atoms with Gasteiger partial charge in [-0.15, -0.1) is 0 Å². The van der Waals surface area contributed by atoms with Crippen molar-refractivity contribution in [3.63, 3.8) is 0 Å². The average molecular weight is 311 g/mol. The molecule has 0 bridgehead atoms. The van der Waals surface area contributed by atoms with Gasteiger partial charge in [-0.1, -0.05) is 45.2 Å². The van der Waals surface area contributed by atoms with Crippen LogP contribution < -0.4 is 0 Å². The number of amides is 1. The summed E-state index contributed by atoms with van der Waals surface area (Å²) in [6.45, 7) is 0.611. The zero-order valence-corrected chi connectivity index (χ0v) is 11.2. The molecule has 1 rings (SSSR count). The summed E-state index contributed by atoms with van der Waals surface area (Å²) < 4.78 is 0. The quantitative estimate of drug-likeness (QED) is 0.783. The molecule has 2 nitrogen and oxygen atoms in total. The minimum atomic E-state index is -0.162. The molecule has 1 aromatic carbocycles. The maximum atomic E-state index is 11.9. The molecular weight excluding hydrogens is 301 g/mol. The largest absolute Gasteiger partial charge is 0.341 e. The van der Waals surface area contributed by atoms with Gasteiger partial charge >= 0.3 is 0 Å². The predicted octanol–water partition coefficient (Wildman–Crippen LogP) is 3.46. The predicted molar refractivity (Wildman–Crippen MR) is 67.2 cm³/mol. The van der Waals surface area contributed by atoms with E-state index in [2.05, 4.69) is 15.9 Å². The Morgan fingerprint density at radius 3 is 2.40 bits per heavy atom. The van der Waals surface area contributed by atoms with Crippen LogP contribution in [0, 0.1) is 0 Å². The second-order valence-corrected chi connectivity index (χ2v) is 4.62. The summed E-state index contributed by atoms with van der Waals surface area (Å²) in [7, 11) is 1.71. The lowest BCUT2D eigenvalue weighted by molar-refractivity contribution is 0.0804. The zero-order chi connectivity index (χ0) is 11.4. The first-order valence-corrected chi connectivity index (χ1v) is 6.21. The number of rotatable bonds is 3. The summed E-state index contributed by atoms with van der Waals surface area (Å²) >= 11 is 15.1. The molecule has 0 aliphatic rings. The van der Waals surface area contributed by atoms with Crippen molar-refractivity contribution in [1.29, 1.82) is 0 Å². The van der Waals surface area contributed by atoms with E-state index in [1.165, 1.54) is 0 Å². The van der Waals surface area contributed by atoms with Crippen molar-refractivity contribution in [2.75, 3.05) is 18.9 Å². The molecule has 1 aromatic rings. The van der Waals surface area contributed by atoms with E-state index in [0.29, 0.717) is 22.2 Å². The third-order valence-electron chi connectivity index (χ3n) is 1.94. The Hall–Kier alpha value is -0.250. The summed E-state index contributed by atoms with van der Waals surface area (Å²) in [6.07, 6.45) is 0. The number of benzene rings is 1. The minimum absolute atomic E-state index is 0.162.